The van der Waals surface area contributed by atoms with Gasteiger partial charge in [-0.1, -0.05) is 12.1 Å². The summed E-state index contributed by atoms with van der Waals surface area (Å²) in [6, 6.07) is 7.66. The van der Waals surface area contributed by atoms with Gasteiger partial charge in [0.25, 0.3) is 0 Å². The lowest BCUT2D eigenvalue weighted by molar-refractivity contribution is 0.416. The normalized spacial score (nSPS) is 10.0. The third-order valence-electron chi connectivity index (χ3n) is 2.07. The van der Waals surface area contributed by atoms with E-state index >= 15 is 0 Å². The molecule has 0 amide bonds. The van der Waals surface area contributed by atoms with Crippen LogP contribution in [0.1, 0.15) is 0 Å². The minimum Gasteiger partial charge on any atom is -0.496 e. The molecule has 0 saturated carbocycles. The maximum atomic E-state index is 5.23. The molecule has 2 rings (SSSR count). The number of hydrogen-bond donors (Lipinski definition) is 2. The topological polar surface area (TPSA) is 62.8 Å². The summed E-state index contributed by atoms with van der Waals surface area (Å²) in [5.74, 6) is 2.03. The standard InChI is InChI=1S/C10H12N4O/c1-11-10-12-9(13-14-10)7-5-3-4-6-8(7)15-2/h3-6H,1-2H3,(H2,11,12,13,14). The second-order valence-corrected chi connectivity index (χ2v) is 2.96. The molecule has 0 unspecified atom stereocenters. The van der Waals surface area contributed by atoms with Crippen molar-refractivity contribution in [3.05, 3.63) is 24.3 Å². The van der Waals surface area contributed by atoms with E-state index in [0.717, 1.165) is 11.3 Å². The van der Waals surface area contributed by atoms with Crippen LogP contribution in [0.4, 0.5) is 5.95 Å². The molecule has 1 aromatic heterocycles. The zero-order chi connectivity index (χ0) is 10.7. The molecule has 0 aliphatic carbocycles. The lowest BCUT2D eigenvalue weighted by atomic mass is 10.2. The second-order valence-electron chi connectivity index (χ2n) is 2.96. The van der Waals surface area contributed by atoms with Gasteiger partial charge in [0, 0.05) is 7.05 Å². The van der Waals surface area contributed by atoms with E-state index in [1.807, 2.05) is 24.3 Å². The van der Waals surface area contributed by atoms with E-state index in [1.165, 1.54) is 0 Å². The molecule has 0 aliphatic heterocycles. The number of nitrogens with zero attached hydrogens (tertiary/aromatic N) is 2. The molecule has 0 bridgehead atoms. The Kier molecular flexibility index (Phi) is 2.53. The van der Waals surface area contributed by atoms with Gasteiger partial charge in [0.2, 0.25) is 5.95 Å². The number of anilines is 1. The van der Waals surface area contributed by atoms with Crippen molar-refractivity contribution in [1.29, 1.82) is 0 Å². The third kappa shape index (κ3) is 1.76. The van der Waals surface area contributed by atoms with Gasteiger partial charge in [0.1, 0.15) is 5.75 Å². The fourth-order valence-electron chi connectivity index (χ4n) is 1.33. The minimum atomic E-state index is 0.566. The minimum absolute atomic E-state index is 0.566. The molecule has 0 radical (unpaired) electrons. The number of ether oxygens (including phenoxy) is 1. The van der Waals surface area contributed by atoms with Crippen LogP contribution in [0.15, 0.2) is 24.3 Å². The van der Waals surface area contributed by atoms with Crippen LogP contribution in [0.2, 0.25) is 0 Å². The number of para-hydroxylation sites is 1. The summed E-state index contributed by atoms with van der Waals surface area (Å²) in [7, 11) is 3.41. The van der Waals surface area contributed by atoms with Crippen LogP contribution in [0.5, 0.6) is 5.75 Å². The van der Waals surface area contributed by atoms with Gasteiger partial charge in [0.15, 0.2) is 5.82 Å². The molecule has 78 valence electrons. The van der Waals surface area contributed by atoms with E-state index in [4.69, 9.17) is 4.74 Å². The first-order chi connectivity index (χ1) is 7.35. The van der Waals surface area contributed by atoms with Crippen molar-refractivity contribution in [2.45, 2.75) is 0 Å². The van der Waals surface area contributed by atoms with E-state index < -0.39 is 0 Å². The predicted octanol–water partition coefficient (Wildman–Crippen LogP) is 1.52. The van der Waals surface area contributed by atoms with Crippen molar-refractivity contribution in [3.8, 4) is 17.1 Å². The van der Waals surface area contributed by atoms with Crippen molar-refractivity contribution < 1.29 is 4.74 Å². The highest BCUT2D eigenvalue weighted by Gasteiger charge is 2.08. The van der Waals surface area contributed by atoms with Crippen molar-refractivity contribution in [3.63, 3.8) is 0 Å². The SMILES string of the molecule is CNc1n[nH]c(-c2ccccc2OC)n1. The molecule has 2 aromatic rings. The Morgan fingerprint density at radius 2 is 2.13 bits per heavy atom. The number of hydrogen-bond acceptors (Lipinski definition) is 4. The van der Waals surface area contributed by atoms with E-state index in [0.29, 0.717) is 11.8 Å². The quantitative estimate of drug-likeness (QED) is 0.795. The third-order valence-corrected chi connectivity index (χ3v) is 2.07. The molecule has 0 saturated heterocycles. The van der Waals surface area contributed by atoms with Crippen molar-refractivity contribution in [2.24, 2.45) is 0 Å². The highest BCUT2D eigenvalue weighted by molar-refractivity contribution is 5.64. The van der Waals surface area contributed by atoms with Crippen LogP contribution in [0, 0.1) is 0 Å². The van der Waals surface area contributed by atoms with Crippen LogP contribution in [0.3, 0.4) is 0 Å². The first-order valence-electron chi connectivity index (χ1n) is 4.58. The summed E-state index contributed by atoms with van der Waals surface area (Å²) in [6.07, 6.45) is 0. The molecule has 5 nitrogen and oxygen atoms in total. The summed E-state index contributed by atoms with van der Waals surface area (Å²) >= 11 is 0. The maximum Gasteiger partial charge on any atom is 0.242 e. The number of nitrogens with one attached hydrogen (secondary N) is 2. The Morgan fingerprint density at radius 3 is 2.80 bits per heavy atom. The summed E-state index contributed by atoms with van der Waals surface area (Å²) in [5, 5.41) is 9.69. The van der Waals surface area contributed by atoms with Crippen molar-refractivity contribution in [1.82, 2.24) is 15.2 Å². The van der Waals surface area contributed by atoms with Gasteiger partial charge in [-0.2, -0.15) is 4.98 Å². The van der Waals surface area contributed by atoms with Crippen LogP contribution in [0.25, 0.3) is 11.4 Å². The Morgan fingerprint density at radius 1 is 1.33 bits per heavy atom. The summed E-state index contributed by atoms with van der Waals surface area (Å²) in [4.78, 5) is 4.25. The summed E-state index contributed by atoms with van der Waals surface area (Å²) in [5.41, 5.74) is 0.897. The van der Waals surface area contributed by atoms with Crippen molar-refractivity contribution in [2.75, 3.05) is 19.5 Å². The predicted molar refractivity (Wildman–Crippen MR) is 57.9 cm³/mol. The second kappa shape index (κ2) is 4.00. The molecule has 1 heterocycles. The van der Waals surface area contributed by atoms with Crippen LogP contribution in [-0.4, -0.2) is 29.3 Å². The smallest absolute Gasteiger partial charge is 0.242 e. The fraction of sp³-hybridized carbons (Fsp3) is 0.200. The Bertz CT molecular complexity index is 452. The zero-order valence-corrected chi connectivity index (χ0v) is 8.61. The van der Waals surface area contributed by atoms with Crippen LogP contribution < -0.4 is 10.1 Å². The number of H-pyrrole nitrogens is 1. The monoisotopic (exact) mass is 204 g/mol. The highest BCUT2D eigenvalue weighted by Crippen LogP contribution is 2.26. The summed E-state index contributed by atoms with van der Waals surface area (Å²) in [6.45, 7) is 0. The van der Waals surface area contributed by atoms with Crippen molar-refractivity contribution >= 4 is 5.95 Å². The maximum absolute atomic E-state index is 5.23. The van der Waals surface area contributed by atoms with Gasteiger partial charge < -0.3 is 10.1 Å². The molecule has 0 spiro atoms. The number of methoxy groups -OCH3 is 1. The first kappa shape index (κ1) is 9.51. The van der Waals surface area contributed by atoms with Gasteiger partial charge in [-0.3, -0.25) is 5.10 Å². The molecule has 1 aromatic carbocycles. The van der Waals surface area contributed by atoms with Gasteiger partial charge in [0.05, 0.1) is 12.7 Å². The molecular weight excluding hydrogens is 192 g/mol. The number of rotatable bonds is 3. The van der Waals surface area contributed by atoms with Crippen LogP contribution >= 0.6 is 0 Å². The number of aromatic amines is 1. The zero-order valence-electron chi connectivity index (χ0n) is 8.61. The molecule has 0 atom stereocenters. The van der Waals surface area contributed by atoms with Gasteiger partial charge in [-0.05, 0) is 12.1 Å². The Labute approximate surface area is 87.5 Å². The van der Waals surface area contributed by atoms with E-state index in [2.05, 4.69) is 20.5 Å². The first-order valence-corrected chi connectivity index (χ1v) is 4.58. The molecular formula is C10H12N4O. The van der Waals surface area contributed by atoms with E-state index in [1.54, 1.807) is 14.2 Å². The number of benzene rings is 1. The number of aromatic nitrogens is 3. The van der Waals surface area contributed by atoms with Gasteiger partial charge in [-0.25, -0.2) is 0 Å². The van der Waals surface area contributed by atoms with Gasteiger partial charge in [-0.15, -0.1) is 5.10 Å². The lowest BCUT2D eigenvalue weighted by Gasteiger charge is -2.03. The molecule has 2 N–H and O–H groups in total. The average Bonchev–Trinajstić information content (AvgIpc) is 2.77. The molecule has 0 aliphatic rings. The lowest BCUT2D eigenvalue weighted by Crippen LogP contribution is -1.90. The molecule has 5 heteroatoms. The van der Waals surface area contributed by atoms with E-state index in [9.17, 15) is 0 Å². The van der Waals surface area contributed by atoms with E-state index in [-0.39, 0.29) is 0 Å². The van der Waals surface area contributed by atoms with Gasteiger partial charge >= 0.3 is 0 Å². The molecule has 0 fully saturated rings. The van der Waals surface area contributed by atoms with Crippen LogP contribution in [-0.2, 0) is 0 Å². The Balaban J connectivity index is 2.44. The Hall–Kier alpha value is -2.04. The largest absolute Gasteiger partial charge is 0.496 e. The average molecular weight is 204 g/mol. The molecule has 15 heavy (non-hydrogen) atoms. The highest BCUT2D eigenvalue weighted by atomic mass is 16.5. The summed E-state index contributed by atoms with van der Waals surface area (Å²) < 4.78 is 5.23. The fourth-order valence-corrected chi connectivity index (χ4v) is 1.33.